The Balaban J connectivity index is 2.29. The normalized spacial score (nSPS) is 10.0. The third kappa shape index (κ3) is 4.29. The summed E-state index contributed by atoms with van der Waals surface area (Å²) in [6, 6.07) is 11.1. The van der Waals surface area contributed by atoms with Crippen LogP contribution in [0.2, 0.25) is 0 Å². The SMILES string of the molecule is COC(=O)c1cc(OCc2ccccc2)c(C)nc1OC(C)=O. The number of aromatic nitrogens is 1. The van der Waals surface area contributed by atoms with Crippen molar-refractivity contribution >= 4 is 11.9 Å². The topological polar surface area (TPSA) is 74.7 Å². The smallest absolute Gasteiger partial charge is 0.343 e. The van der Waals surface area contributed by atoms with Gasteiger partial charge in [-0.05, 0) is 12.5 Å². The molecule has 0 bridgehead atoms. The van der Waals surface area contributed by atoms with E-state index in [4.69, 9.17) is 14.2 Å². The minimum absolute atomic E-state index is 0.0383. The number of benzene rings is 1. The van der Waals surface area contributed by atoms with Gasteiger partial charge in [0.1, 0.15) is 17.9 Å². The number of esters is 2. The fourth-order valence-corrected chi connectivity index (χ4v) is 1.92. The second-order valence-electron chi connectivity index (χ2n) is 4.78. The van der Waals surface area contributed by atoms with Gasteiger partial charge >= 0.3 is 11.9 Å². The van der Waals surface area contributed by atoms with Crippen LogP contribution < -0.4 is 9.47 Å². The van der Waals surface area contributed by atoms with E-state index in [1.165, 1.54) is 20.1 Å². The molecule has 0 radical (unpaired) electrons. The molecule has 0 aliphatic rings. The number of carbonyl (C=O) groups is 2. The van der Waals surface area contributed by atoms with Gasteiger partial charge in [-0.1, -0.05) is 30.3 Å². The first-order valence-electron chi connectivity index (χ1n) is 6.96. The van der Waals surface area contributed by atoms with Gasteiger partial charge in [0.05, 0.1) is 12.8 Å². The molecule has 6 nitrogen and oxygen atoms in total. The van der Waals surface area contributed by atoms with Crippen LogP contribution in [0.1, 0.15) is 28.5 Å². The van der Waals surface area contributed by atoms with E-state index < -0.39 is 11.9 Å². The van der Waals surface area contributed by atoms with Gasteiger partial charge in [-0.15, -0.1) is 0 Å². The maximum Gasteiger partial charge on any atom is 0.343 e. The molecule has 2 aromatic rings. The fraction of sp³-hybridized carbons (Fsp3) is 0.235. The summed E-state index contributed by atoms with van der Waals surface area (Å²) in [6.45, 7) is 3.27. The van der Waals surface area contributed by atoms with Crippen molar-refractivity contribution < 1.29 is 23.8 Å². The zero-order valence-corrected chi connectivity index (χ0v) is 13.2. The van der Waals surface area contributed by atoms with Gasteiger partial charge in [0.25, 0.3) is 0 Å². The predicted molar refractivity (Wildman–Crippen MR) is 82.4 cm³/mol. The quantitative estimate of drug-likeness (QED) is 0.790. The van der Waals surface area contributed by atoms with E-state index >= 15 is 0 Å². The first kappa shape index (κ1) is 16.5. The Bertz CT molecular complexity index is 712. The van der Waals surface area contributed by atoms with Crippen LogP contribution in [0.3, 0.4) is 0 Å². The molecule has 1 aromatic carbocycles. The van der Waals surface area contributed by atoms with Crippen LogP contribution in [0.4, 0.5) is 0 Å². The van der Waals surface area contributed by atoms with Gasteiger partial charge in [-0.25, -0.2) is 9.78 Å². The summed E-state index contributed by atoms with van der Waals surface area (Å²) in [5, 5.41) is 0. The van der Waals surface area contributed by atoms with E-state index in [2.05, 4.69) is 4.98 Å². The lowest BCUT2D eigenvalue weighted by molar-refractivity contribution is -0.132. The molecule has 120 valence electrons. The van der Waals surface area contributed by atoms with E-state index in [1.54, 1.807) is 6.92 Å². The number of rotatable bonds is 5. The zero-order valence-electron chi connectivity index (χ0n) is 13.2. The zero-order chi connectivity index (χ0) is 16.8. The van der Waals surface area contributed by atoms with Crippen LogP contribution in [0.15, 0.2) is 36.4 Å². The van der Waals surface area contributed by atoms with Gasteiger partial charge in [-0.2, -0.15) is 0 Å². The summed E-state index contributed by atoms with van der Waals surface area (Å²) >= 11 is 0. The molecule has 2 rings (SSSR count). The van der Waals surface area contributed by atoms with Crippen molar-refractivity contribution in [1.29, 1.82) is 0 Å². The molecule has 1 heterocycles. The Morgan fingerprint density at radius 2 is 1.87 bits per heavy atom. The highest BCUT2D eigenvalue weighted by Gasteiger charge is 2.20. The van der Waals surface area contributed by atoms with Crippen molar-refractivity contribution in [2.45, 2.75) is 20.5 Å². The lowest BCUT2D eigenvalue weighted by atomic mass is 10.2. The van der Waals surface area contributed by atoms with Crippen molar-refractivity contribution in [1.82, 2.24) is 4.98 Å². The molecule has 0 amide bonds. The van der Waals surface area contributed by atoms with Crippen LogP contribution in [0, 0.1) is 6.92 Å². The summed E-state index contributed by atoms with van der Waals surface area (Å²) in [5.41, 5.74) is 1.52. The minimum atomic E-state index is -0.654. The molecule has 1 aromatic heterocycles. The van der Waals surface area contributed by atoms with E-state index in [9.17, 15) is 9.59 Å². The van der Waals surface area contributed by atoms with E-state index in [0.717, 1.165) is 5.56 Å². The highest BCUT2D eigenvalue weighted by molar-refractivity contribution is 5.93. The molecule has 0 saturated carbocycles. The Morgan fingerprint density at radius 3 is 2.48 bits per heavy atom. The van der Waals surface area contributed by atoms with Crippen LogP contribution in [0.5, 0.6) is 11.6 Å². The predicted octanol–water partition coefficient (Wildman–Crippen LogP) is 2.68. The van der Waals surface area contributed by atoms with Gasteiger partial charge < -0.3 is 14.2 Å². The van der Waals surface area contributed by atoms with Crippen LogP contribution in [-0.4, -0.2) is 24.0 Å². The Hall–Kier alpha value is -2.89. The first-order valence-corrected chi connectivity index (χ1v) is 6.96. The second kappa shape index (κ2) is 7.40. The van der Waals surface area contributed by atoms with E-state index in [-0.39, 0.29) is 11.4 Å². The number of hydrogen-bond acceptors (Lipinski definition) is 6. The molecule has 6 heteroatoms. The highest BCUT2D eigenvalue weighted by atomic mass is 16.5. The molecule has 0 aliphatic heterocycles. The number of aryl methyl sites for hydroxylation is 1. The van der Waals surface area contributed by atoms with Crippen LogP contribution in [0.25, 0.3) is 0 Å². The fourth-order valence-electron chi connectivity index (χ4n) is 1.92. The second-order valence-corrected chi connectivity index (χ2v) is 4.78. The van der Waals surface area contributed by atoms with Crippen molar-refractivity contribution in [2.75, 3.05) is 7.11 Å². The Morgan fingerprint density at radius 1 is 1.17 bits per heavy atom. The highest BCUT2D eigenvalue weighted by Crippen LogP contribution is 2.26. The lowest BCUT2D eigenvalue weighted by Crippen LogP contribution is -2.12. The average Bonchev–Trinajstić information content (AvgIpc) is 2.54. The summed E-state index contributed by atoms with van der Waals surface area (Å²) in [5.74, 6) is -0.891. The third-order valence-corrected chi connectivity index (χ3v) is 3.01. The summed E-state index contributed by atoms with van der Waals surface area (Å²) in [7, 11) is 1.24. The Kier molecular flexibility index (Phi) is 5.30. The number of nitrogens with zero attached hydrogens (tertiary/aromatic N) is 1. The van der Waals surface area contributed by atoms with E-state index in [1.807, 2.05) is 30.3 Å². The van der Waals surface area contributed by atoms with Crippen molar-refractivity contribution in [2.24, 2.45) is 0 Å². The number of methoxy groups -OCH3 is 1. The molecular formula is C17H17NO5. The average molecular weight is 315 g/mol. The Labute approximate surface area is 134 Å². The molecule has 0 spiro atoms. The number of carbonyl (C=O) groups excluding carboxylic acids is 2. The third-order valence-electron chi connectivity index (χ3n) is 3.01. The monoisotopic (exact) mass is 315 g/mol. The van der Waals surface area contributed by atoms with Crippen molar-refractivity contribution in [3.63, 3.8) is 0 Å². The minimum Gasteiger partial charge on any atom is -0.487 e. The van der Waals surface area contributed by atoms with Crippen LogP contribution in [-0.2, 0) is 16.1 Å². The molecule has 0 fully saturated rings. The molecule has 0 saturated heterocycles. The molecule has 23 heavy (non-hydrogen) atoms. The maximum atomic E-state index is 11.8. The molecule has 0 unspecified atom stereocenters. The first-order chi connectivity index (χ1) is 11.0. The maximum absolute atomic E-state index is 11.8. The number of ether oxygens (including phenoxy) is 3. The van der Waals surface area contributed by atoms with Crippen LogP contribution >= 0.6 is 0 Å². The van der Waals surface area contributed by atoms with E-state index in [0.29, 0.717) is 18.1 Å². The van der Waals surface area contributed by atoms with Gasteiger partial charge in [0.2, 0.25) is 5.88 Å². The van der Waals surface area contributed by atoms with Gasteiger partial charge in [0.15, 0.2) is 0 Å². The summed E-state index contributed by atoms with van der Waals surface area (Å²) < 4.78 is 15.4. The van der Waals surface area contributed by atoms with Crippen molar-refractivity contribution in [3.05, 3.63) is 53.2 Å². The molecular weight excluding hydrogens is 298 g/mol. The molecule has 0 N–H and O–H groups in total. The lowest BCUT2D eigenvalue weighted by Gasteiger charge is -2.13. The summed E-state index contributed by atoms with van der Waals surface area (Å²) in [4.78, 5) is 27.1. The van der Waals surface area contributed by atoms with Crippen molar-refractivity contribution in [3.8, 4) is 11.6 Å². The molecule has 0 aliphatic carbocycles. The largest absolute Gasteiger partial charge is 0.487 e. The molecule has 0 atom stereocenters. The van der Waals surface area contributed by atoms with Gasteiger partial charge in [-0.3, -0.25) is 4.79 Å². The van der Waals surface area contributed by atoms with Gasteiger partial charge in [0, 0.05) is 13.0 Å². The standard InChI is InChI=1S/C17H17NO5/c1-11-15(22-10-13-7-5-4-6-8-13)9-14(17(20)21-3)16(18-11)23-12(2)19/h4-9H,10H2,1-3H3. The summed E-state index contributed by atoms with van der Waals surface area (Å²) in [6.07, 6.45) is 0. The number of hydrogen-bond donors (Lipinski definition) is 0. The number of pyridine rings is 1.